The van der Waals surface area contributed by atoms with E-state index in [0.717, 1.165) is 81.4 Å². The predicted octanol–water partition coefficient (Wildman–Crippen LogP) is 2.01. The maximum atomic E-state index is 9.58. The first-order valence-corrected chi connectivity index (χ1v) is 14.6. The van der Waals surface area contributed by atoms with Gasteiger partial charge in [-0.3, -0.25) is 14.9 Å². The number of nitriles is 1. The molecular formula is C31H35N7O3. The van der Waals surface area contributed by atoms with E-state index in [0.29, 0.717) is 23.7 Å². The van der Waals surface area contributed by atoms with Crippen LogP contribution >= 0.6 is 0 Å². The number of aromatic nitrogens is 2. The Kier molecular flexibility index (Phi) is 5.86. The van der Waals surface area contributed by atoms with E-state index in [9.17, 15) is 5.26 Å². The number of ether oxygens (including phenoxy) is 3. The maximum absolute atomic E-state index is 9.58. The van der Waals surface area contributed by atoms with Crippen LogP contribution in [-0.4, -0.2) is 98.2 Å². The largest absolute Gasteiger partial charge is 0.373 e. The molecule has 0 aliphatic carbocycles. The Hall–Kier alpha value is -3.33. The molecule has 0 saturated carbocycles. The lowest BCUT2D eigenvalue weighted by atomic mass is 9.88. The normalized spacial score (nSPS) is 29.2. The van der Waals surface area contributed by atoms with Gasteiger partial charge in [0.15, 0.2) is 0 Å². The molecule has 1 spiro atoms. The van der Waals surface area contributed by atoms with Crippen molar-refractivity contribution < 1.29 is 15.6 Å². The van der Waals surface area contributed by atoms with Crippen LogP contribution in [0, 0.1) is 11.3 Å². The van der Waals surface area contributed by atoms with Crippen LogP contribution < -0.4 is 15.1 Å². The molecule has 1 aromatic carbocycles. The van der Waals surface area contributed by atoms with Crippen LogP contribution in [0.15, 0.2) is 42.7 Å². The Bertz CT molecular complexity index is 1560. The smallest absolute Gasteiger partial charge is 0.136 e. The van der Waals surface area contributed by atoms with Gasteiger partial charge in [0, 0.05) is 75.2 Å². The number of hydrogen-bond acceptors (Lipinski definition) is 10. The Morgan fingerprint density at radius 2 is 2.10 bits per heavy atom. The molecule has 10 nitrogen and oxygen atoms in total. The van der Waals surface area contributed by atoms with Crippen molar-refractivity contribution in [1.29, 1.82) is 5.26 Å². The van der Waals surface area contributed by atoms with Crippen LogP contribution in [0.4, 0.5) is 11.4 Å². The molecular weight excluding hydrogens is 518 g/mol. The summed E-state index contributed by atoms with van der Waals surface area (Å²) in [5.74, 6) is 0. The molecule has 41 heavy (non-hydrogen) atoms. The minimum absolute atomic E-state index is 0.0333. The number of pyridine rings is 2. The summed E-state index contributed by atoms with van der Waals surface area (Å²) >= 11 is 0. The fourth-order valence-corrected chi connectivity index (χ4v) is 7.43. The van der Waals surface area contributed by atoms with Crippen molar-refractivity contribution >= 4 is 22.3 Å². The van der Waals surface area contributed by atoms with Crippen LogP contribution in [-0.2, 0) is 26.4 Å². The van der Waals surface area contributed by atoms with Gasteiger partial charge in [-0.05, 0) is 37.3 Å². The number of fused-ring (bicyclic) bond motifs is 4. The van der Waals surface area contributed by atoms with E-state index in [-0.39, 0.29) is 30.1 Å². The van der Waals surface area contributed by atoms with Gasteiger partial charge in [-0.1, -0.05) is 0 Å². The number of likely N-dealkylation sites (tertiary alicyclic amines) is 1. The van der Waals surface area contributed by atoms with Gasteiger partial charge in [0.05, 0.1) is 67.6 Å². The van der Waals surface area contributed by atoms with Crippen LogP contribution in [0.1, 0.15) is 25.1 Å². The number of nitrogens with zero attached hydrogens (tertiary/aromatic N) is 6. The maximum Gasteiger partial charge on any atom is 0.136 e. The van der Waals surface area contributed by atoms with Gasteiger partial charge >= 0.3 is 0 Å². The molecule has 2 aromatic heterocycles. The van der Waals surface area contributed by atoms with E-state index >= 15 is 0 Å². The summed E-state index contributed by atoms with van der Waals surface area (Å²) in [4.78, 5) is 16.4. The summed E-state index contributed by atoms with van der Waals surface area (Å²) in [6, 6.07) is 12.3. The molecule has 5 aliphatic rings. The van der Waals surface area contributed by atoms with Crippen LogP contribution in [0.25, 0.3) is 10.9 Å². The van der Waals surface area contributed by atoms with E-state index < -0.39 is 0 Å². The van der Waals surface area contributed by atoms with E-state index in [2.05, 4.69) is 44.1 Å². The number of anilines is 2. The lowest BCUT2D eigenvalue weighted by Gasteiger charge is -2.49. The first kappa shape index (κ1) is 24.3. The molecule has 4 saturated heterocycles. The highest BCUT2D eigenvalue weighted by Crippen LogP contribution is 2.44. The summed E-state index contributed by atoms with van der Waals surface area (Å²) in [5.41, 5.74) is 5.21. The molecule has 0 unspecified atom stereocenters. The van der Waals surface area contributed by atoms with Crippen molar-refractivity contribution in [3.63, 3.8) is 0 Å². The van der Waals surface area contributed by atoms with E-state index in [1.807, 2.05) is 24.4 Å². The Morgan fingerprint density at radius 1 is 1.17 bits per heavy atom. The lowest BCUT2D eigenvalue weighted by molar-refractivity contribution is -0.157. The SMILES string of the molecule is [2H]c1ccc2c(N3C[C@H](CN4CC5(C4)OCc4cc(N6C[C@H]7NCCO[C@@H]7C6)cnc45)O[C@H](C)C3)ccc(C#N)c2n1. The van der Waals surface area contributed by atoms with Gasteiger partial charge in [0.25, 0.3) is 0 Å². The topological polar surface area (TPSA) is 99.0 Å². The molecule has 4 fully saturated rings. The van der Waals surface area contributed by atoms with Gasteiger partial charge in [0.1, 0.15) is 11.7 Å². The molecule has 1 N–H and O–H groups in total. The average Bonchev–Trinajstić information content (AvgIpc) is 3.58. The van der Waals surface area contributed by atoms with Crippen molar-refractivity contribution in [2.24, 2.45) is 0 Å². The van der Waals surface area contributed by atoms with Gasteiger partial charge < -0.3 is 29.3 Å². The molecule has 0 bridgehead atoms. The fraction of sp³-hybridized carbons (Fsp3) is 0.516. The van der Waals surface area contributed by atoms with Crippen molar-refractivity contribution in [2.45, 2.75) is 43.5 Å². The molecule has 4 atom stereocenters. The monoisotopic (exact) mass is 554 g/mol. The summed E-state index contributed by atoms with van der Waals surface area (Å²) in [6.07, 6.45) is 2.52. The summed E-state index contributed by atoms with van der Waals surface area (Å²) in [6.45, 7) is 10.2. The van der Waals surface area contributed by atoms with Crippen LogP contribution in [0.3, 0.4) is 0 Å². The summed E-state index contributed by atoms with van der Waals surface area (Å²) in [5, 5.41) is 14.1. The quantitative estimate of drug-likeness (QED) is 0.516. The number of morpholine rings is 2. The predicted molar refractivity (Wildman–Crippen MR) is 154 cm³/mol. The third-order valence-corrected chi connectivity index (χ3v) is 9.26. The number of benzene rings is 1. The second-order valence-electron chi connectivity index (χ2n) is 12.1. The van der Waals surface area contributed by atoms with Gasteiger partial charge in [0.2, 0.25) is 0 Å². The highest BCUT2D eigenvalue weighted by atomic mass is 16.5. The minimum atomic E-state index is -0.333. The Labute approximate surface area is 241 Å². The summed E-state index contributed by atoms with van der Waals surface area (Å²) in [7, 11) is 0. The van der Waals surface area contributed by atoms with Crippen LogP contribution in [0.5, 0.6) is 0 Å². The van der Waals surface area contributed by atoms with Gasteiger partial charge in [-0.15, -0.1) is 0 Å². The molecule has 0 radical (unpaired) electrons. The second kappa shape index (κ2) is 9.89. The molecule has 5 aliphatic heterocycles. The molecule has 7 heterocycles. The van der Waals surface area contributed by atoms with Gasteiger partial charge in [-0.25, -0.2) is 0 Å². The summed E-state index contributed by atoms with van der Waals surface area (Å²) < 4.78 is 26.7. The molecule has 8 rings (SSSR count). The first-order chi connectivity index (χ1) is 20.5. The number of nitrogens with one attached hydrogen (secondary N) is 1. The van der Waals surface area contributed by atoms with Crippen molar-refractivity contribution in [3.8, 4) is 6.07 Å². The molecule has 0 amide bonds. The van der Waals surface area contributed by atoms with Crippen molar-refractivity contribution in [1.82, 2.24) is 20.2 Å². The highest BCUT2D eigenvalue weighted by Gasteiger charge is 2.52. The minimum Gasteiger partial charge on any atom is -0.373 e. The van der Waals surface area contributed by atoms with E-state index in [1.54, 1.807) is 6.07 Å². The van der Waals surface area contributed by atoms with Gasteiger partial charge in [-0.2, -0.15) is 5.26 Å². The zero-order valence-electron chi connectivity index (χ0n) is 24.3. The fourth-order valence-electron chi connectivity index (χ4n) is 7.43. The third kappa shape index (κ3) is 4.35. The third-order valence-electron chi connectivity index (χ3n) is 9.26. The molecule has 3 aromatic rings. The Morgan fingerprint density at radius 3 is 2.98 bits per heavy atom. The standard InChI is InChI=1S/C31H35N7O3/c1-20-12-38(27-5-4-21(10-32)29-25(27)3-2-6-34-29)14-24(41-20)13-36-18-31(19-36)30-22(17-40-31)9-23(11-35-30)37-15-26-28(16-37)39-8-7-33-26/h2-6,9,11,20,24,26,28,33H,7-8,12-19H2,1H3/t20-,24+,26-,28-/m1/s1/i6D. The highest BCUT2D eigenvalue weighted by molar-refractivity contribution is 5.95. The van der Waals surface area contributed by atoms with Crippen LogP contribution in [0.2, 0.25) is 0 Å². The van der Waals surface area contributed by atoms with E-state index in [1.165, 1.54) is 5.56 Å². The number of rotatable bonds is 4. The average molecular weight is 555 g/mol. The van der Waals surface area contributed by atoms with E-state index in [4.69, 9.17) is 20.6 Å². The van der Waals surface area contributed by atoms with Crippen molar-refractivity contribution in [2.75, 3.05) is 68.8 Å². The lowest BCUT2D eigenvalue weighted by Crippen LogP contribution is -2.62. The Balaban J connectivity index is 0.940. The zero-order chi connectivity index (χ0) is 28.4. The van der Waals surface area contributed by atoms with Crippen molar-refractivity contribution in [3.05, 3.63) is 59.5 Å². The number of hydrogen-bond donors (Lipinski definition) is 1. The zero-order valence-corrected chi connectivity index (χ0v) is 23.3. The second-order valence-corrected chi connectivity index (χ2v) is 12.1. The molecule has 10 heteroatoms. The molecule has 212 valence electrons. The first-order valence-electron chi connectivity index (χ1n) is 15.1.